The Morgan fingerprint density at radius 3 is 2.58 bits per heavy atom. The number of hydrogen-bond acceptors (Lipinski definition) is 5. The van der Waals surface area contributed by atoms with E-state index in [1.807, 2.05) is 44.1 Å². The highest BCUT2D eigenvalue weighted by atomic mass is 19.1. The second kappa shape index (κ2) is 14.5. The number of fused-ring (bicyclic) bond motifs is 4. The highest BCUT2D eigenvalue weighted by Gasteiger charge is 2.29. The Morgan fingerprint density at radius 2 is 1.84 bits per heavy atom. The smallest absolute Gasteiger partial charge is 0.305 e. The van der Waals surface area contributed by atoms with Gasteiger partial charge in [-0.05, 0) is 87.7 Å². The van der Waals surface area contributed by atoms with Gasteiger partial charge in [-0.1, -0.05) is 37.5 Å². The van der Waals surface area contributed by atoms with Crippen LogP contribution in [-0.4, -0.2) is 53.7 Å². The summed E-state index contributed by atoms with van der Waals surface area (Å²) in [6, 6.07) is 10.3. The molecule has 1 amide bonds. The van der Waals surface area contributed by atoms with Gasteiger partial charge in [-0.25, -0.2) is 4.39 Å². The van der Waals surface area contributed by atoms with E-state index in [4.69, 9.17) is 4.74 Å². The van der Waals surface area contributed by atoms with Crippen LogP contribution in [0.25, 0.3) is 11.1 Å². The van der Waals surface area contributed by atoms with E-state index >= 15 is 4.39 Å². The van der Waals surface area contributed by atoms with Crippen LogP contribution in [0.4, 0.5) is 4.39 Å². The van der Waals surface area contributed by atoms with Gasteiger partial charge in [0.1, 0.15) is 17.6 Å². The van der Waals surface area contributed by atoms with Crippen molar-refractivity contribution in [1.29, 1.82) is 0 Å². The van der Waals surface area contributed by atoms with Gasteiger partial charge in [0.15, 0.2) is 0 Å². The normalized spacial score (nSPS) is 18.0. The zero-order chi connectivity index (χ0) is 31.1. The molecule has 0 radical (unpaired) electrons. The maximum absolute atomic E-state index is 15.8. The van der Waals surface area contributed by atoms with Crippen LogP contribution in [0.15, 0.2) is 53.5 Å². The largest absolute Gasteiger partial charge is 0.493 e. The number of pyridine rings is 1. The van der Waals surface area contributed by atoms with Crippen LogP contribution in [0.2, 0.25) is 0 Å². The first-order valence-corrected chi connectivity index (χ1v) is 15.0. The molecular formula is C34H42FN3O5. The van der Waals surface area contributed by atoms with Crippen molar-refractivity contribution in [3.05, 3.63) is 87.1 Å². The average Bonchev–Trinajstić information content (AvgIpc) is 2.94. The fourth-order valence-electron chi connectivity index (χ4n) is 5.67. The van der Waals surface area contributed by atoms with Crippen molar-refractivity contribution in [2.24, 2.45) is 0 Å². The number of aromatic nitrogens is 1. The summed E-state index contributed by atoms with van der Waals surface area (Å²) in [6.07, 6.45) is 5.48. The summed E-state index contributed by atoms with van der Waals surface area (Å²) in [4.78, 5) is 41.1. The first-order chi connectivity index (χ1) is 20.5. The minimum absolute atomic E-state index is 0.0814. The van der Waals surface area contributed by atoms with Crippen molar-refractivity contribution in [3.8, 4) is 16.9 Å². The Morgan fingerprint density at radius 1 is 1.07 bits per heavy atom. The minimum Gasteiger partial charge on any atom is -0.493 e. The van der Waals surface area contributed by atoms with Crippen LogP contribution in [-0.2, 0) is 16.0 Å². The molecule has 0 unspecified atom stereocenters. The molecule has 2 atom stereocenters. The van der Waals surface area contributed by atoms with Crippen molar-refractivity contribution in [3.63, 3.8) is 0 Å². The lowest BCUT2D eigenvalue weighted by Crippen LogP contribution is -2.40. The molecule has 9 heteroatoms. The third kappa shape index (κ3) is 8.10. The van der Waals surface area contributed by atoms with Gasteiger partial charge >= 0.3 is 5.97 Å². The van der Waals surface area contributed by atoms with E-state index in [-0.39, 0.29) is 11.1 Å². The monoisotopic (exact) mass is 591 g/mol. The second-order valence-electron chi connectivity index (χ2n) is 11.7. The minimum atomic E-state index is -1.18. The summed E-state index contributed by atoms with van der Waals surface area (Å²) < 4.78 is 23.4. The van der Waals surface area contributed by atoms with E-state index in [9.17, 15) is 19.5 Å². The molecule has 2 heterocycles. The number of carbonyl (C=O) groups excluding carboxylic acids is 1. The molecule has 8 nitrogen and oxygen atoms in total. The third-order valence-corrected chi connectivity index (χ3v) is 7.99. The van der Waals surface area contributed by atoms with E-state index in [1.165, 1.54) is 10.6 Å². The van der Waals surface area contributed by atoms with Crippen molar-refractivity contribution >= 4 is 11.9 Å². The van der Waals surface area contributed by atoms with Crippen LogP contribution in [0.1, 0.15) is 72.9 Å². The number of aliphatic carboxylic acids is 1. The lowest BCUT2D eigenvalue weighted by atomic mass is 9.92. The number of carboxylic acid groups (broad SMARTS) is 1. The van der Waals surface area contributed by atoms with Crippen molar-refractivity contribution < 1.29 is 23.8 Å². The van der Waals surface area contributed by atoms with Gasteiger partial charge in [0, 0.05) is 29.9 Å². The summed E-state index contributed by atoms with van der Waals surface area (Å²) in [5, 5.41) is 12.6. The second-order valence-corrected chi connectivity index (χ2v) is 11.7. The number of nitrogens with zero attached hydrogens (tertiary/aromatic N) is 2. The lowest BCUT2D eigenvalue weighted by molar-refractivity contribution is -0.138. The predicted octanol–water partition coefficient (Wildman–Crippen LogP) is 5.59. The summed E-state index contributed by atoms with van der Waals surface area (Å²) in [7, 11) is 3.93. The molecule has 0 fully saturated rings. The molecule has 1 aliphatic rings. The predicted molar refractivity (Wildman–Crippen MR) is 165 cm³/mol. The quantitative estimate of drug-likeness (QED) is 0.388. The van der Waals surface area contributed by atoms with Crippen molar-refractivity contribution in [2.45, 2.75) is 70.9 Å². The Kier molecular flexibility index (Phi) is 10.7. The number of halogens is 1. The van der Waals surface area contributed by atoms with Gasteiger partial charge < -0.3 is 24.6 Å². The zero-order valence-electron chi connectivity index (χ0n) is 25.5. The fraction of sp³-hybridized carbons (Fsp3) is 0.441. The summed E-state index contributed by atoms with van der Waals surface area (Å²) >= 11 is 0. The SMILES string of the molecule is Cc1cc2cc(c1F)[C@H](CC(=O)O)NC(=O)[C@@H](n1cc(CCN(C)C)ccc1=O)CCCCCCOc1cccc(C)c1-2. The van der Waals surface area contributed by atoms with Gasteiger partial charge in [-0.3, -0.25) is 14.4 Å². The summed E-state index contributed by atoms with van der Waals surface area (Å²) in [6.45, 7) is 4.85. The molecule has 43 heavy (non-hydrogen) atoms. The number of carboxylic acids is 1. The number of rotatable bonds is 6. The van der Waals surface area contributed by atoms with Gasteiger partial charge in [0.25, 0.3) is 5.56 Å². The van der Waals surface area contributed by atoms with Gasteiger partial charge in [-0.15, -0.1) is 0 Å². The van der Waals surface area contributed by atoms with Gasteiger partial charge in [0.2, 0.25) is 5.91 Å². The maximum Gasteiger partial charge on any atom is 0.305 e. The highest BCUT2D eigenvalue weighted by molar-refractivity contribution is 5.82. The van der Waals surface area contributed by atoms with Crippen LogP contribution < -0.4 is 15.6 Å². The number of benzene rings is 2. The average molecular weight is 592 g/mol. The van der Waals surface area contributed by atoms with E-state index in [0.29, 0.717) is 42.7 Å². The van der Waals surface area contributed by atoms with Crippen LogP contribution in [0.3, 0.4) is 0 Å². The molecular weight excluding hydrogens is 549 g/mol. The molecule has 0 saturated carbocycles. The molecule has 3 aromatic rings. The third-order valence-electron chi connectivity index (χ3n) is 7.99. The number of hydrogen-bond donors (Lipinski definition) is 2. The summed E-state index contributed by atoms with van der Waals surface area (Å²) in [5.74, 6) is -1.59. The standard InChI is InChI=1S/C34H42FN3O5/c1-22-10-9-12-29-32(22)25-18-23(2)33(35)26(19-25)27(20-31(40)41)36-34(42)28(11-7-5-6-8-17-43-29)38-21-24(13-14-30(38)39)15-16-37(3)4/h9-10,12-14,18-19,21,27-28H,5-8,11,15-17,20H2,1-4H3,(H,36,42)(H,40,41)/t27-,28-/m0/s1. The van der Waals surface area contributed by atoms with Crippen molar-refractivity contribution in [2.75, 3.05) is 27.2 Å². The number of likely N-dealkylation sites (N-methyl/N-ethyl adjacent to an activating group) is 1. The van der Waals surface area contributed by atoms with Crippen molar-refractivity contribution in [1.82, 2.24) is 14.8 Å². The van der Waals surface area contributed by atoms with Crippen LogP contribution in [0, 0.1) is 19.7 Å². The van der Waals surface area contributed by atoms with E-state index in [1.54, 1.807) is 31.3 Å². The first kappa shape index (κ1) is 31.9. The Hall–Kier alpha value is -3.98. The molecule has 4 rings (SSSR count). The molecule has 2 aromatic carbocycles. The highest BCUT2D eigenvalue weighted by Crippen LogP contribution is 2.37. The van der Waals surface area contributed by atoms with Crippen LogP contribution >= 0.6 is 0 Å². The maximum atomic E-state index is 15.8. The molecule has 1 aromatic heterocycles. The summed E-state index contributed by atoms with van der Waals surface area (Å²) in [5.41, 5.74) is 3.42. The molecule has 0 saturated heterocycles. The zero-order valence-corrected chi connectivity index (χ0v) is 25.5. The number of ether oxygens (including phenoxy) is 1. The van der Waals surface area contributed by atoms with E-state index in [0.717, 1.165) is 42.5 Å². The van der Waals surface area contributed by atoms with Crippen LogP contribution in [0.5, 0.6) is 5.75 Å². The number of amides is 1. The Labute approximate surface area is 252 Å². The number of aryl methyl sites for hydroxylation is 2. The molecule has 230 valence electrons. The number of carbonyl (C=O) groups is 2. The molecule has 1 aliphatic heterocycles. The van der Waals surface area contributed by atoms with Gasteiger partial charge in [-0.2, -0.15) is 0 Å². The Bertz CT molecular complexity index is 1520. The van der Waals surface area contributed by atoms with Gasteiger partial charge in [0.05, 0.1) is 19.1 Å². The lowest BCUT2D eigenvalue weighted by Gasteiger charge is -2.26. The van der Waals surface area contributed by atoms with E-state index < -0.39 is 36.2 Å². The molecule has 2 bridgehead atoms. The van der Waals surface area contributed by atoms with E-state index in [2.05, 4.69) is 5.32 Å². The first-order valence-electron chi connectivity index (χ1n) is 15.0. The molecule has 0 spiro atoms. The molecule has 0 aliphatic carbocycles. The number of nitrogens with one attached hydrogen (secondary N) is 1. The Balaban J connectivity index is 1.81. The molecule has 2 N–H and O–H groups in total. The topological polar surface area (TPSA) is 101 Å². The fourth-order valence-corrected chi connectivity index (χ4v) is 5.67.